The van der Waals surface area contributed by atoms with Crippen molar-refractivity contribution < 1.29 is 9.59 Å². The summed E-state index contributed by atoms with van der Waals surface area (Å²) in [5, 5.41) is 2.88. The first-order chi connectivity index (χ1) is 10.7. The van der Waals surface area contributed by atoms with Crippen LogP contribution in [0.4, 0.5) is 10.5 Å². The second-order valence-electron chi connectivity index (χ2n) is 5.62. The molecule has 0 spiro atoms. The lowest BCUT2D eigenvalue weighted by molar-refractivity contribution is -0.137. The third-order valence-corrected chi connectivity index (χ3v) is 4.24. The van der Waals surface area contributed by atoms with E-state index >= 15 is 0 Å². The lowest BCUT2D eigenvalue weighted by atomic mass is 10.0. The number of piperazine rings is 1. The molecule has 1 N–H and O–H groups in total. The minimum absolute atomic E-state index is 0.0965. The third kappa shape index (κ3) is 4.00. The molecule has 1 aromatic carbocycles. The van der Waals surface area contributed by atoms with E-state index in [0.29, 0.717) is 26.2 Å². The number of hydrogen-bond acceptors (Lipinski definition) is 2. The van der Waals surface area contributed by atoms with Gasteiger partial charge in [0.1, 0.15) is 0 Å². The van der Waals surface area contributed by atoms with E-state index in [1.807, 2.05) is 35.2 Å². The van der Waals surface area contributed by atoms with Crippen LogP contribution in [-0.2, 0) is 4.79 Å². The zero-order chi connectivity index (χ0) is 15.9. The van der Waals surface area contributed by atoms with E-state index in [2.05, 4.69) is 19.2 Å². The Bertz CT molecular complexity index is 492. The molecule has 0 bridgehead atoms. The number of nitrogens with one attached hydrogen (secondary N) is 1. The average Bonchev–Trinajstić information content (AvgIpc) is 2.57. The Labute approximate surface area is 132 Å². The van der Waals surface area contributed by atoms with Crippen LogP contribution >= 0.6 is 0 Å². The van der Waals surface area contributed by atoms with Crippen LogP contribution in [-0.4, -0.2) is 47.9 Å². The van der Waals surface area contributed by atoms with Crippen molar-refractivity contribution in [2.45, 2.75) is 26.7 Å². The van der Waals surface area contributed by atoms with Gasteiger partial charge in [-0.3, -0.25) is 4.79 Å². The van der Waals surface area contributed by atoms with Crippen LogP contribution in [0.1, 0.15) is 26.7 Å². The number of amides is 3. The molecule has 22 heavy (non-hydrogen) atoms. The summed E-state index contributed by atoms with van der Waals surface area (Å²) < 4.78 is 0. The van der Waals surface area contributed by atoms with Gasteiger partial charge in [0, 0.05) is 37.8 Å². The van der Waals surface area contributed by atoms with Crippen LogP contribution in [0.25, 0.3) is 0 Å². The summed E-state index contributed by atoms with van der Waals surface area (Å²) in [6.07, 6.45) is 1.76. The summed E-state index contributed by atoms with van der Waals surface area (Å²) in [6, 6.07) is 9.33. The second kappa shape index (κ2) is 7.82. The van der Waals surface area contributed by atoms with Gasteiger partial charge in [-0.1, -0.05) is 32.0 Å². The maximum atomic E-state index is 12.3. The molecule has 0 aromatic heterocycles. The van der Waals surface area contributed by atoms with E-state index in [1.165, 1.54) is 0 Å². The number of nitrogens with zero attached hydrogens (tertiary/aromatic N) is 2. The first-order valence-electron chi connectivity index (χ1n) is 8.05. The van der Waals surface area contributed by atoms with Crippen molar-refractivity contribution in [3.05, 3.63) is 30.3 Å². The number of para-hydroxylation sites is 1. The van der Waals surface area contributed by atoms with Gasteiger partial charge >= 0.3 is 6.03 Å². The van der Waals surface area contributed by atoms with Crippen LogP contribution in [0.5, 0.6) is 0 Å². The predicted molar refractivity (Wildman–Crippen MR) is 87.7 cm³/mol. The first kappa shape index (κ1) is 16.3. The van der Waals surface area contributed by atoms with E-state index in [-0.39, 0.29) is 17.9 Å². The van der Waals surface area contributed by atoms with Gasteiger partial charge in [0.25, 0.3) is 0 Å². The molecular formula is C17H25N3O2. The largest absolute Gasteiger partial charge is 0.339 e. The summed E-state index contributed by atoms with van der Waals surface area (Å²) in [4.78, 5) is 28.2. The standard InChI is InChI=1S/C17H25N3O2/c1-3-14(4-2)16(21)19-10-12-20(13-11-19)17(22)18-15-8-6-5-7-9-15/h5-9,14H,3-4,10-13H2,1-2H3,(H,18,22). The smallest absolute Gasteiger partial charge is 0.321 e. The molecule has 0 atom stereocenters. The Kier molecular flexibility index (Phi) is 5.81. The highest BCUT2D eigenvalue weighted by atomic mass is 16.2. The van der Waals surface area contributed by atoms with Crippen LogP contribution < -0.4 is 5.32 Å². The molecule has 0 saturated carbocycles. The molecule has 1 aliphatic heterocycles. The van der Waals surface area contributed by atoms with Crippen molar-refractivity contribution >= 4 is 17.6 Å². The summed E-state index contributed by atoms with van der Waals surface area (Å²) in [5.74, 6) is 0.345. The molecule has 1 aromatic rings. The Morgan fingerprint density at radius 2 is 1.55 bits per heavy atom. The Morgan fingerprint density at radius 1 is 1.00 bits per heavy atom. The van der Waals surface area contributed by atoms with Crippen molar-refractivity contribution in [3.63, 3.8) is 0 Å². The molecule has 0 aliphatic carbocycles. The number of carbonyl (C=O) groups is 2. The van der Waals surface area contributed by atoms with Crippen LogP contribution in [0.15, 0.2) is 30.3 Å². The van der Waals surface area contributed by atoms with Crippen LogP contribution in [0.2, 0.25) is 0 Å². The lowest BCUT2D eigenvalue weighted by Crippen LogP contribution is -2.52. The minimum Gasteiger partial charge on any atom is -0.339 e. The third-order valence-electron chi connectivity index (χ3n) is 4.24. The van der Waals surface area contributed by atoms with Crippen molar-refractivity contribution in [1.29, 1.82) is 0 Å². The van der Waals surface area contributed by atoms with Gasteiger partial charge in [0.05, 0.1) is 0 Å². The van der Waals surface area contributed by atoms with E-state index in [1.54, 1.807) is 4.90 Å². The molecule has 3 amide bonds. The Balaban J connectivity index is 1.84. The molecule has 1 fully saturated rings. The van der Waals surface area contributed by atoms with Crippen molar-refractivity contribution in [2.75, 3.05) is 31.5 Å². The zero-order valence-corrected chi connectivity index (χ0v) is 13.4. The summed E-state index contributed by atoms with van der Waals surface area (Å²) in [6.45, 7) is 6.52. The Hall–Kier alpha value is -2.04. The first-order valence-corrected chi connectivity index (χ1v) is 8.05. The molecule has 0 radical (unpaired) electrons. The number of hydrogen-bond donors (Lipinski definition) is 1. The maximum Gasteiger partial charge on any atom is 0.321 e. The maximum absolute atomic E-state index is 12.3. The van der Waals surface area contributed by atoms with Crippen molar-refractivity contribution in [3.8, 4) is 0 Å². The van der Waals surface area contributed by atoms with Gasteiger partial charge in [-0.15, -0.1) is 0 Å². The summed E-state index contributed by atoms with van der Waals surface area (Å²) in [7, 11) is 0. The molecule has 1 heterocycles. The topological polar surface area (TPSA) is 52.7 Å². The number of urea groups is 1. The van der Waals surface area contributed by atoms with Gasteiger partial charge < -0.3 is 15.1 Å². The summed E-state index contributed by atoms with van der Waals surface area (Å²) >= 11 is 0. The van der Waals surface area contributed by atoms with Crippen molar-refractivity contribution in [2.24, 2.45) is 5.92 Å². The van der Waals surface area contributed by atoms with Gasteiger partial charge in [-0.05, 0) is 25.0 Å². The fourth-order valence-electron chi connectivity index (χ4n) is 2.75. The molecule has 2 rings (SSSR count). The monoisotopic (exact) mass is 303 g/mol. The zero-order valence-electron chi connectivity index (χ0n) is 13.4. The van der Waals surface area contributed by atoms with E-state index in [4.69, 9.17) is 0 Å². The van der Waals surface area contributed by atoms with Gasteiger partial charge in [-0.25, -0.2) is 4.79 Å². The van der Waals surface area contributed by atoms with E-state index < -0.39 is 0 Å². The quantitative estimate of drug-likeness (QED) is 0.930. The number of benzene rings is 1. The predicted octanol–water partition coefficient (Wildman–Crippen LogP) is 2.80. The van der Waals surface area contributed by atoms with E-state index in [0.717, 1.165) is 18.5 Å². The lowest BCUT2D eigenvalue weighted by Gasteiger charge is -2.36. The highest BCUT2D eigenvalue weighted by Crippen LogP contribution is 2.14. The molecule has 1 aliphatic rings. The number of carbonyl (C=O) groups excluding carboxylic acids is 2. The highest BCUT2D eigenvalue weighted by Gasteiger charge is 2.27. The molecular weight excluding hydrogens is 278 g/mol. The Morgan fingerprint density at radius 3 is 2.09 bits per heavy atom. The summed E-state index contributed by atoms with van der Waals surface area (Å²) in [5.41, 5.74) is 0.794. The average molecular weight is 303 g/mol. The van der Waals surface area contributed by atoms with Gasteiger partial charge in [-0.2, -0.15) is 0 Å². The fraction of sp³-hybridized carbons (Fsp3) is 0.529. The molecule has 5 heteroatoms. The molecule has 0 unspecified atom stereocenters. The SMILES string of the molecule is CCC(CC)C(=O)N1CCN(C(=O)Nc2ccccc2)CC1. The van der Waals surface area contributed by atoms with Gasteiger partial charge in [0.2, 0.25) is 5.91 Å². The molecule has 5 nitrogen and oxygen atoms in total. The fourth-order valence-corrected chi connectivity index (χ4v) is 2.75. The second-order valence-corrected chi connectivity index (χ2v) is 5.62. The van der Waals surface area contributed by atoms with Crippen molar-refractivity contribution in [1.82, 2.24) is 9.80 Å². The highest BCUT2D eigenvalue weighted by molar-refractivity contribution is 5.89. The molecule has 1 saturated heterocycles. The molecule has 120 valence electrons. The minimum atomic E-state index is -0.0965. The van der Waals surface area contributed by atoms with Crippen LogP contribution in [0.3, 0.4) is 0 Å². The number of anilines is 1. The normalized spacial score (nSPS) is 15.0. The number of rotatable bonds is 4. The van der Waals surface area contributed by atoms with Gasteiger partial charge in [0.15, 0.2) is 0 Å². The van der Waals surface area contributed by atoms with Crippen LogP contribution in [0, 0.1) is 5.92 Å². The van der Waals surface area contributed by atoms with E-state index in [9.17, 15) is 9.59 Å².